The molecule has 0 bridgehead atoms. The number of rotatable bonds is 5. The smallest absolute Gasteiger partial charge is 0.308 e. The van der Waals surface area contributed by atoms with E-state index in [1.807, 2.05) is 25.1 Å². The Morgan fingerprint density at radius 2 is 2.19 bits per heavy atom. The van der Waals surface area contributed by atoms with E-state index in [0.29, 0.717) is 12.2 Å². The minimum Gasteiger partial charge on any atom is -0.466 e. The summed E-state index contributed by atoms with van der Waals surface area (Å²) in [5.41, 5.74) is 0.705. The lowest BCUT2D eigenvalue weighted by atomic mass is 10.1. The van der Waals surface area contributed by atoms with Crippen molar-refractivity contribution in [3.63, 3.8) is 0 Å². The van der Waals surface area contributed by atoms with Crippen molar-refractivity contribution < 1.29 is 14.6 Å². The molecule has 0 aromatic heterocycles. The number of aliphatic hydroxyl groups is 1. The fourth-order valence-electron chi connectivity index (χ4n) is 1.29. The van der Waals surface area contributed by atoms with Crippen LogP contribution in [0.4, 0.5) is 0 Å². The molecule has 0 aliphatic carbocycles. The van der Waals surface area contributed by atoms with Gasteiger partial charge in [-0.15, -0.1) is 0 Å². The normalized spacial score (nSPS) is 12.2. The molecule has 0 spiro atoms. The van der Waals surface area contributed by atoms with E-state index in [2.05, 4.69) is 15.9 Å². The van der Waals surface area contributed by atoms with Gasteiger partial charge < -0.3 is 9.84 Å². The van der Waals surface area contributed by atoms with Crippen LogP contribution in [0, 0.1) is 0 Å². The summed E-state index contributed by atoms with van der Waals surface area (Å²) in [6, 6.07) is 7.29. The maximum absolute atomic E-state index is 11.3. The maximum atomic E-state index is 11.3. The molecule has 1 unspecified atom stereocenters. The molecule has 0 aliphatic heterocycles. The van der Waals surface area contributed by atoms with Crippen LogP contribution >= 0.6 is 15.9 Å². The molecule has 1 aromatic rings. The molecule has 0 saturated heterocycles. The lowest BCUT2D eigenvalue weighted by Crippen LogP contribution is -2.11. The van der Waals surface area contributed by atoms with Crippen LogP contribution in [0.2, 0.25) is 0 Å². The van der Waals surface area contributed by atoms with Crippen molar-refractivity contribution in [2.75, 3.05) is 6.61 Å². The number of carbonyl (C=O) groups excluding carboxylic acids is 1. The zero-order valence-corrected chi connectivity index (χ0v) is 10.7. The number of halogens is 1. The average molecular weight is 287 g/mol. The van der Waals surface area contributed by atoms with Crippen molar-refractivity contribution in [3.8, 4) is 0 Å². The number of esters is 1. The van der Waals surface area contributed by atoms with Crippen molar-refractivity contribution in [2.45, 2.75) is 25.9 Å². The van der Waals surface area contributed by atoms with Crippen molar-refractivity contribution in [1.82, 2.24) is 0 Å². The summed E-state index contributed by atoms with van der Waals surface area (Å²) in [5.74, 6) is -0.370. The summed E-state index contributed by atoms with van der Waals surface area (Å²) in [6.07, 6.45) is -0.0422. The first-order valence-corrected chi connectivity index (χ1v) is 6.02. The van der Waals surface area contributed by atoms with Crippen LogP contribution in [0.3, 0.4) is 0 Å². The van der Waals surface area contributed by atoms with Gasteiger partial charge in [0.25, 0.3) is 0 Å². The summed E-state index contributed by atoms with van der Waals surface area (Å²) >= 11 is 3.33. The number of ether oxygens (including phenoxy) is 1. The van der Waals surface area contributed by atoms with Crippen LogP contribution in [0.1, 0.15) is 31.4 Å². The molecule has 1 aromatic carbocycles. The average Bonchev–Trinajstić information content (AvgIpc) is 2.26. The molecule has 4 heteroatoms. The molecule has 0 amide bonds. The fraction of sp³-hybridized carbons (Fsp3) is 0.417. The summed E-state index contributed by atoms with van der Waals surface area (Å²) in [6.45, 7) is 2.33. The maximum Gasteiger partial charge on any atom is 0.308 e. The van der Waals surface area contributed by atoms with Crippen LogP contribution in [-0.2, 0) is 9.53 Å². The number of hydrogen-bond donors (Lipinski definition) is 1. The highest BCUT2D eigenvalue weighted by Gasteiger charge is 2.15. The van der Waals surface area contributed by atoms with Crippen molar-refractivity contribution >= 4 is 21.9 Å². The SMILES string of the molecule is CCCOC(=O)CC(O)c1ccccc1Br. The Labute approximate surface area is 104 Å². The minimum atomic E-state index is -0.820. The summed E-state index contributed by atoms with van der Waals surface area (Å²) in [4.78, 5) is 11.3. The zero-order chi connectivity index (χ0) is 12.0. The highest BCUT2D eigenvalue weighted by Crippen LogP contribution is 2.25. The molecule has 88 valence electrons. The molecule has 1 atom stereocenters. The molecule has 0 saturated carbocycles. The van der Waals surface area contributed by atoms with Crippen LogP contribution < -0.4 is 0 Å². The summed E-state index contributed by atoms with van der Waals surface area (Å²) < 4.78 is 5.71. The van der Waals surface area contributed by atoms with Crippen LogP contribution in [0.15, 0.2) is 28.7 Å². The van der Waals surface area contributed by atoms with Crippen LogP contribution in [-0.4, -0.2) is 17.7 Å². The van der Waals surface area contributed by atoms with E-state index in [9.17, 15) is 9.90 Å². The van der Waals surface area contributed by atoms with Gasteiger partial charge in [0, 0.05) is 4.47 Å². The molecule has 0 aliphatic rings. The third-order valence-corrected chi connectivity index (χ3v) is 2.81. The van der Waals surface area contributed by atoms with Crippen molar-refractivity contribution in [2.24, 2.45) is 0 Å². The molecular formula is C12H15BrO3. The quantitative estimate of drug-likeness (QED) is 0.847. The van der Waals surface area contributed by atoms with Gasteiger partial charge in [-0.3, -0.25) is 4.79 Å². The first-order chi connectivity index (χ1) is 7.65. The largest absolute Gasteiger partial charge is 0.466 e. The fourth-order valence-corrected chi connectivity index (χ4v) is 1.84. The predicted molar refractivity (Wildman–Crippen MR) is 65.0 cm³/mol. The van der Waals surface area contributed by atoms with Crippen LogP contribution in [0.5, 0.6) is 0 Å². The Kier molecular flexibility index (Phi) is 5.49. The lowest BCUT2D eigenvalue weighted by Gasteiger charge is -2.12. The lowest BCUT2D eigenvalue weighted by molar-refractivity contribution is -0.146. The number of hydrogen-bond acceptors (Lipinski definition) is 3. The highest BCUT2D eigenvalue weighted by molar-refractivity contribution is 9.10. The van der Waals surface area contributed by atoms with E-state index in [0.717, 1.165) is 10.9 Å². The topological polar surface area (TPSA) is 46.5 Å². The Bertz CT molecular complexity index is 352. The molecule has 0 fully saturated rings. The molecule has 0 heterocycles. The molecule has 16 heavy (non-hydrogen) atoms. The van der Waals surface area contributed by atoms with Gasteiger partial charge in [0.05, 0.1) is 19.1 Å². The second-order valence-corrected chi connectivity index (χ2v) is 4.32. The van der Waals surface area contributed by atoms with Crippen molar-refractivity contribution in [3.05, 3.63) is 34.3 Å². The van der Waals surface area contributed by atoms with Gasteiger partial charge in [-0.2, -0.15) is 0 Å². The molecular weight excluding hydrogens is 272 g/mol. The van der Waals surface area contributed by atoms with Gasteiger partial charge in [-0.05, 0) is 18.1 Å². The van der Waals surface area contributed by atoms with E-state index in [1.165, 1.54) is 0 Å². The molecule has 3 nitrogen and oxygen atoms in total. The Morgan fingerprint density at radius 1 is 1.50 bits per heavy atom. The minimum absolute atomic E-state index is 0.0113. The predicted octanol–water partition coefficient (Wildman–Crippen LogP) is 2.83. The Balaban J connectivity index is 2.55. The number of aliphatic hydroxyl groups excluding tert-OH is 1. The number of benzene rings is 1. The van der Waals surface area contributed by atoms with Gasteiger partial charge in [0.2, 0.25) is 0 Å². The third-order valence-electron chi connectivity index (χ3n) is 2.09. The second kappa shape index (κ2) is 6.66. The van der Waals surface area contributed by atoms with Gasteiger partial charge in [0.1, 0.15) is 0 Å². The van der Waals surface area contributed by atoms with Gasteiger partial charge in [-0.25, -0.2) is 0 Å². The third kappa shape index (κ3) is 3.94. The molecule has 1 N–H and O–H groups in total. The summed E-state index contributed by atoms with van der Waals surface area (Å²) in [7, 11) is 0. The van der Waals surface area contributed by atoms with E-state index in [4.69, 9.17) is 4.74 Å². The van der Waals surface area contributed by atoms with Crippen molar-refractivity contribution in [1.29, 1.82) is 0 Å². The van der Waals surface area contributed by atoms with E-state index >= 15 is 0 Å². The monoisotopic (exact) mass is 286 g/mol. The Hall–Kier alpha value is -0.870. The Morgan fingerprint density at radius 3 is 2.81 bits per heavy atom. The van der Waals surface area contributed by atoms with E-state index in [-0.39, 0.29) is 12.4 Å². The van der Waals surface area contributed by atoms with E-state index < -0.39 is 6.10 Å². The van der Waals surface area contributed by atoms with Gasteiger partial charge in [-0.1, -0.05) is 41.1 Å². The highest BCUT2D eigenvalue weighted by atomic mass is 79.9. The van der Waals surface area contributed by atoms with Gasteiger partial charge >= 0.3 is 5.97 Å². The van der Waals surface area contributed by atoms with Crippen LogP contribution in [0.25, 0.3) is 0 Å². The molecule has 0 radical (unpaired) electrons. The standard InChI is InChI=1S/C12H15BrO3/c1-2-7-16-12(15)8-11(14)9-5-3-4-6-10(9)13/h3-6,11,14H,2,7-8H2,1H3. The number of carbonyl (C=O) groups is 1. The first kappa shape index (κ1) is 13.2. The molecule has 1 rings (SSSR count). The second-order valence-electron chi connectivity index (χ2n) is 3.46. The van der Waals surface area contributed by atoms with Gasteiger partial charge in [0.15, 0.2) is 0 Å². The van der Waals surface area contributed by atoms with E-state index in [1.54, 1.807) is 6.07 Å². The zero-order valence-electron chi connectivity index (χ0n) is 9.15. The summed E-state index contributed by atoms with van der Waals surface area (Å²) in [5, 5.41) is 9.84. The first-order valence-electron chi connectivity index (χ1n) is 5.23.